The summed E-state index contributed by atoms with van der Waals surface area (Å²) in [6.07, 6.45) is 11.0. The van der Waals surface area contributed by atoms with Crippen LogP contribution in [0.5, 0.6) is 0 Å². The molecule has 0 aromatic heterocycles. The number of hydrogen-bond acceptors (Lipinski definition) is 2. The molecule has 7 atom stereocenters. The highest BCUT2D eigenvalue weighted by atomic mass is 16.3. The summed E-state index contributed by atoms with van der Waals surface area (Å²) in [6, 6.07) is 2.74. The topological polar surface area (TPSA) is 44.0 Å². The van der Waals surface area contributed by atoms with Gasteiger partial charge in [0.15, 0.2) is 0 Å². The van der Waals surface area contributed by atoms with Gasteiger partial charge in [-0.1, -0.05) is 37.6 Å². The summed E-state index contributed by atoms with van der Waals surface area (Å²) in [5.41, 5.74) is 2.68. The van der Waals surface area contributed by atoms with Crippen LogP contribution in [0.25, 0.3) is 0 Å². The van der Waals surface area contributed by atoms with Gasteiger partial charge in [-0.15, -0.1) is 0 Å². The minimum absolute atomic E-state index is 0.0977. The maximum absolute atomic E-state index is 10.1. The monoisotopic (exact) mass is 339 g/mol. The molecule has 1 N–H and O–H groups in total. The second kappa shape index (κ2) is 5.46. The zero-order chi connectivity index (χ0) is 18.0. The summed E-state index contributed by atoms with van der Waals surface area (Å²) in [6.45, 7) is 11.2. The first-order chi connectivity index (χ1) is 11.8. The molecule has 0 radical (unpaired) electrons. The van der Waals surface area contributed by atoms with Crippen molar-refractivity contribution in [3.63, 3.8) is 0 Å². The van der Waals surface area contributed by atoms with E-state index in [1.165, 1.54) is 24.8 Å². The number of aliphatic hydroxyl groups excluding tert-OH is 1. The number of aliphatic hydroxyl groups is 1. The van der Waals surface area contributed by atoms with Crippen molar-refractivity contribution < 1.29 is 5.11 Å². The van der Waals surface area contributed by atoms with Crippen LogP contribution in [0.4, 0.5) is 0 Å². The Hall–Kier alpha value is -1.07. The fourth-order valence-corrected chi connectivity index (χ4v) is 7.73. The van der Waals surface area contributed by atoms with E-state index in [2.05, 4.69) is 39.5 Å². The zero-order valence-corrected chi connectivity index (χ0v) is 16.1. The molecule has 4 rings (SSSR count). The zero-order valence-electron chi connectivity index (χ0n) is 16.1. The van der Waals surface area contributed by atoms with Gasteiger partial charge in [0.2, 0.25) is 0 Å². The number of nitrogens with zero attached hydrogens (tertiary/aromatic N) is 1. The molecule has 0 amide bonds. The molecular weight excluding hydrogens is 306 g/mol. The van der Waals surface area contributed by atoms with Crippen LogP contribution < -0.4 is 0 Å². The van der Waals surface area contributed by atoms with Crippen LogP contribution in [0.3, 0.4) is 0 Å². The first kappa shape index (κ1) is 17.3. The van der Waals surface area contributed by atoms with E-state index in [0.29, 0.717) is 5.92 Å². The van der Waals surface area contributed by atoms with Crippen LogP contribution in [0.1, 0.15) is 72.1 Å². The lowest BCUT2D eigenvalue weighted by Crippen LogP contribution is -2.52. The highest BCUT2D eigenvalue weighted by Gasteiger charge is 2.64. The first-order valence-corrected chi connectivity index (χ1v) is 10.2. The fraction of sp³-hybridized carbons (Fsp3) is 0.783. The van der Waals surface area contributed by atoms with E-state index in [-0.39, 0.29) is 22.3 Å². The summed E-state index contributed by atoms with van der Waals surface area (Å²) >= 11 is 0. The molecular formula is C23H33NO. The third kappa shape index (κ3) is 2.05. The van der Waals surface area contributed by atoms with Crippen LogP contribution in [-0.2, 0) is 0 Å². The van der Waals surface area contributed by atoms with Gasteiger partial charge >= 0.3 is 0 Å². The number of rotatable bonds is 1. The molecule has 0 bridgehead atoms. The Kier molecular flexibility index (Phi) is 3.79. The molecule has 3 saturated carbocycles. The van der Waals surface area contributed by atoms with Gasteiger partial charge in [-0.2, -0.15) is 5.26 Å². The Balaban J connectivity index is 1.71. The summed E-state index contributed by atoms with van der Waals surface area (Å²) in [5, 5.41) is 20.2. The van der Waals surface area contributed by atoms with Crippen molar-refractivity contribution in [1.29, 1.82) is 5.26 Å². The molecule has 2 heteroatoms. The summed E-state index contributed by atoms with van der Waals surface area (Å²) < 4.78 is 0. The third-order valence-corrected chi connectivity index (χ3v) is 9.20. The van der Waals surface area contributed by atoms with Crippen molar-refractivity contribution in [2.75, 3.05) is 0 Å². The predicted octanol–water partition coefficient (Wildman–Crippen LogP) is 5.40. The van der Waals surface area contributed by atoms with Gasteiger partial charge in [0.1, 0.15) is 0 Å². The molecule has 0 saturated heterocycles. The summed E-state index contributed by atoms with van der Waals surface area (Å²) in [7, 11) is 0. The largest absolute Gasteiger partial charge is 0.389 e. The van der Waals surface area contributed by atoms with E-state index in [1.807, 2.05) is 0 Å². The number of nitriles is 1. The molecule has 6 unspecified atom stereocenters. The molecule has 0 spiro atoms. The molecule has 136 valence electrons. The van der Waals surface area contributed by atoms with E-state index in [4.69, 9.17) is 0 Å². The van der Waals surface area contributed by atoms with E-state index < -0.39 is 0 Å². The molecule has 0 heterocycles. The molecule has 2 nitrogen and oxygen atoms in total. The molecule has 25 heavy (non-hydrogen) atoms. The van der Waals surface area contributed by atoms with Gasteiger partial charge in [0.05, 0.1) is 17.6 Å². The van der Waals surface area contributed by atoms with Crippen molar-refractivity contribution >= 4 is 0 Å². The Morgan fingerprint density at radius 1 is 1.16 bits per heavy atom. The number of allylic oxidation sites excluding steroid dienone is 2. The molecule has 0 aliphatic heterocycles. The second-order valence-corrected chi connectivity index (χ2v) is 9.92. The van der Waals surface area contributed by atoms with Gasteiger partial charge in [-0.25, -0.2) is 0 Å². The average molecular weight is 340 g/mol. The molecule has 4 aliphatic carbocycles. The first-order valence-electron chi connectivity index (χ1n) is 10.2. The molecule has 4 aliphatic rings. The van der Waals surface area contributed by atoms with Gasteiger partial charge in [-0.05, 0) is 86.9 Å². The van der Waals surface area contributed by atoms with E-state index in [0.717, 1.165) is 49.5 Å². The van der Waals surface area contributed by atoms with E-state index in [1.54, 1.807) is 0 Å². The number of hydrogen-bond donors (Lipinski definition) is 1. The van der Waals surface area contributed by atoms with E-state index >= 15 is 0 Å². The third-order valence-electron chi connectivity index (χ3n) is 9.20. The van der Waals surface area contributed by atoms with Gasteiger partial charge in [0, 0.05) is 0 Å². The number of fused-ring (bicyclic) bond motifs is 5. The minimum atomic E-state index is -0.317. The van der Waals surface area contributed by atoms with Crippen molar-refractivity contribution in [2.24, 2.45) is 34.0 Å². The predicted molar refractivity (Wildman–Crippen MR) is 101 cm³/mol. The lowest BCUT2D eigenvalue weighted by atomic mass is 9.45. The maximum atomic E-state index is 10.1. The van der Waals surface area contributed by atoms with Gasteiger partial charge < -0.3 is 5.11 Å². The summed E-state index contributed by atoms with van der Waals surface area (Å²) in [5.74, 6) is 2.14. The maximum Gasteiger partial charge on any atom is 0.0833 e. The van der Waals surface area contributed by atoms with Gasteiger partial charge in [-0.3, -0.25) is 0 Å². The average Bonchev–Trinajstić information content (AvgIpc) is 2.89. The quantitative estimate of drug-likeness (QED) is 0.650. The van der Waals surface area contributed by atoms with E-state index in [9.17, 15) is 10.4 Å². The Bertz CT molecular complexity index is 672. The fourth-order valence-electron chi connectivity index (χ4n) is 7.73. The lowest BCUT2D eigenvalue weighted by Gasteiger charge is -2.59. The lowest BCUT2D eigenvalue weighted by molar-refractivity contribution is -0.0615. The SMILES string of the molecule is C=C(C)C1(C#N)CCC2C3CCC4=CC(O)CC[C@]4(C)C3CCC21C. The van der Waals surface area contributed by atoms with Gasteiger partial charge in [0.25, 0.3) is 0 Å². The second-order valence-electron chi connectivity index (χ2n) is 9.92. The standard InChI is InChI=1S/C23H33NO/c1-15(2)23(14-24)12-9-20-18-6-5-16-13-17(25)7-10-21(16,3)19(18)8-11-22(20,23)4/h13,17-20,25H,1,5-12H2,2-4H3/t17?,18?,19?,20?,21-,22?,23?/m0/s1. The van der Waals surface area contributed by atoms with Crippen LogP contribution in [0.2, 0.25) is 0 Å². The van der Waals surface area contributed by atoms with Crippen molar-refractivity contribution in [1.82, 2.24) is 0 Å². The normalized spacial score (nSPS) is 51.6. The van der Waals surface area contributed by atoms with Crippen LogP contribution in [-0.4, -0.2) is 11.2 Å². The Labute approximate surface area is 153 Å². The van der Waals surface area contributed by atoms with Crippen LogP contribution >= 0.6 is 0 Å². The Morgan fingerprint density at radius 3 is 2.56 bits per heavy atom. The van der Waals surface area contributed by atoms with Crippen LogP contribution in [0.15, 0.2) is 23.8 Å². The smallest absolute Gasteiger partial charge is 0.0833 e. The molecule has 0 aromatic carbocycles. The summed E-state index contributed by atoms with van der Waals surface area (Å²) in [4.78, 5) is 0. The van der Waals surface area contributed by atoms with Crippen molar-refractivity contribution in [2.45, 2.75) is 78.2 Å². The highest BCUT2D eigenvalue weighted by molar-refractivity contribution is 5.32. The molecule has 3 fully saturated rings. The minimum Gasteiger partial charge on any atom is -0.389 e. The molecule has 0 aromatic rings. The van der Waals surface area contributed by atoms with Crippen molar-refractivity contribution in [3.05, 3.63) is 23.8 Å². The Morgan fingerprint density at radius 2 is 1.88 bits per heavy atom. The highest BCUT2D eigenvalue weighted by Crippen LogP contribution is 2.71. The van der Waals surface area contributed by atoms with Crippen molar-refractivity contribution in [3.8, 4) is 6.07 Å². The van der Waals surface area contributed by atoms with Crippen LogP contribution in [0, 0.1) is 45.3 Å².